The van der Waals surface area contributed by atoms with Crippen molar-refractivity contribution < 1.29 is 0 Å². The summed E-state index contributed by atoms with van der Waals surface area (Å²) in [7, 11) is -0.675. The van der Waals surface area contributed by atoms with E-state index in [9.17, 15) is 0 Å². The average Bonchev–Trinajstić information content (AvgIpc) is 1.35. The van der Waals surface area contributed by atoms with E-state index in [0.717, 1.165) is 0 Å². The van der Waals surface area contributed by atoms with E-state index in [0.29, 0.717) is 0 Å². The fraction of sp³-hybridized carbons (Fsp3) is 0. The highest BCUT2D eigenvalue weighted by Crippen LogP contribution is 1.87. The van der Waals surface area contributed by atoms with Crippen LogP contribution in [0.15, 0.2) is 0 Å². The van der Waals surface area contributed by atoms with Crippen LogP contribution in [0.4, 0.5) is 0 Å². The second-order valence-corrected chi connectivity index (χ2v) is 3.21. The van der Waals surface area contributed by atoms with Gasteiger partial charge in [-0.1, -0.05) is 0 Å². The minimum absolute atomic E-state index is 0.478. The van der Waals surface area contributed by atoms with Crippen LogP contribution in [0.3, 0.4) is 0 Å². The summed E-state index contributed by atoms with van der Waals surface area (Å²) < 4.78 is 0. The van der Waals surface area contributed by atoms with Gasteiger partial charge in [-0.05, 0) is 0 Å². The van der Waals surface area contributed by atoms with Crippen LogP contribution in [-0.4, -0.2) is 14.7 Å². The third-order valence-corrected chi connectivity index (χ3v) is 2.08. The van der Waals surface area contributed by atoms with Gasteiger partial charge < -0.3 is 4.89 Å². The van der Waals surface area contributed by atoms with E-state index in [2.05, 4.69) is 4.89 Å². The van der Waals surface area contributed by atoms with Crippen molar-refractivity contribution in [3.8, 4) is 0 Å². The van der Waals surface area contributed by atoms with Crippen LogP contribution in [0.25, 0.3) is 0 Å². The van der Waals surface area contributed by atoms with Crippen molar-refractivity contribution in [1.29, 1.82) is 0 Å². The Balaban J connectivity index is 2.63. The Morgan fingerprint density at radius 3 is 2.00 bits per heavy atom. The largest absolute Gasteiger partial charge is 0.425 e. The molecule has 0 spiro atoms. The van der Waals surface area contributed by atoms with Crippen LogP contribution in [0.5, 0.6) is 0 Å². The van der Waals surface area contributed by atoms with Crippen LogP contribution in [0, 0.1) is 0 Å². The molecule has 0 aromatic carbocycles. The van der Waals surface area contributed by atoms with Gasteiger partial charge >= 0.3 is 5.68 Å². The zero-order chi connectivity index (χ0) is 4.99. The highest BCUT2D eigenvalue weighted by Gasteiger charge is 1.99. The van der Waals surface area contributed by atoms with Crippen molar-refractivity contribution in [2.75, 3.05) is 0 Å². The summed E-state index contributed by atoms with van der Waals surface area (Å²) in [4.78, 5) is 2.64. The van der Waals surface area contributed by atoms with E-state index in [4.69, 9.17) is 34.0 Å². The van der Waals surface area contributed by atoms with Crippen LogP contribution in [-0.2, 0) is 0 Å². The lowest BCUT2D eigenvalue weighted by Crippen LogP contribution is -2.23. The Bertz CT molecular complexity index is 32.0. The number of hydrogen-bond donors (Lipinski definition) is 1. The first kappa shape index (κ1) is 7.11. The van der Waals surface area contributed by atoms with Crippen molar-refractivity contribution in [2.24, 2.45) is 0 Å². The van der Waals surface area contributed by atoms with Gasteiger partial charge in [-0.2, -0.15) is 11.1 Å². The molecule has 0 saturated heterocycles. The van der Waals surface area contributed by atoms with Gasteiger partial charge in [0.15, 0.2) is 8.99 Å². The van der Waals surface area contributed by atoms with E-state index in [1.54, 1.807) is 0 Å². The van der Waals surface area contributed by atoms with E-state index < -0.39 is 14.7 Å². The molecule has 0 aliphatic rings. The summed E-state index contributed by atoms with van der Waals surface area (Å²) in [5.74, 6) is 0. The molecule has 0 fully saturated rings. The maximum atomic E-state index is 5.26. The molecule has 0 heterocycles. The van der Waals surface area contributed by atoms with E-state index in [1.807, 2.05) is 0 Å². The molecule has 0 radical (unpaired) electrons. The molecule has 0 saturated carbocycles. The minimum Gasteiger partial charge on any atom is -0.343 e. The third kappa shape index (κ3) is 5.11. The molecule has 0 aliphatic carbocycles. The second-order valence-electron chi connectivity index (χ2n) is 0.638. The van der Waals surface area contributed by atoms with Crippen LogP contribution in [0.1, 0.15) is 0 Å². The highest BCUT2D eigenvalue weighted by atomic mass is 35.6. The fourth-order valence-electron chi connectivity index (χ4n) is 0.0583. The Morgan fingerprint density at radius 1 is 1.50 bits per heavy atom. The summed E-state index contributed by atoms with van der Waals surface area (Å²) in [5.41, 5.74) is -0.478. The molecule has 0 aromatic rings. The summed E-state index contributed by atoms with van der Waals surface area (Å²) in [6.07, 6.45) is 0. The average molecular weight is 162 g/mol. The molecule has 6 heavy (non-hydrogen) atoms. The van der Waals surface area contributed by atoms with E-state index >= 15 is 0 Å². The highest BCUT2D eigenvalue weighted by molar-refractivity contribution is 7.34. The first-order chi connectivity index (χ1) is 2.77. The zero-order valence-corrected chi connectivity index (χ0v) is 6.60. The molecular formula is H3BCl3NSi. The predicted octanol–water partition coefficient (Wildman–Crippen LogP) is 0.276. The normalized spacial score (nSPS) is 10.5. The first-order valence-electron chi connectivity index (χ1n) is 1.35. The molecule has 0 unspecified atom stereocenters. The predicted molar refractivity (Wildman–Crippen MR) is 35.0 cm³/mol. The summed E-state index contributed by atoms with van der Waals surface area (Å²) in [5, 5.41) is 0. The zero-order valence-electron chi connectivity index (χ0n) is 2.92. The standard InChI is InChI=1S/BCl3H3NSi/c2-1(3)5-6-4/h5H,6H2. The molecule has 6 heteroatoms. The summed E-state index contributed by atoms with van der Waals surface area (Å²) in [6, 6.07) is 0. The number of rotatable bonds is 2. The third-order valence-electron chi connectivity index (χ3n) is 0.231. The van der Waals surface area contributed by atoms with Gasteiger partial charge in [0.05, 0.1) is 0 Å². The molecule has 0 bridgehead atoms. The SMILES string of the molecule is Cl[SiH2]NB(Cl)Cl. The van der Waals surface area contributed by atoms with Crippen molar-refractivity contribution in [3.05, 3.63) is 0 Å². The van der Waals surface area contributed by atoms with Gasteiger partial charge in [-0.25, -0.2) is 0 Å². The van der Waals surface area contributed by atoms with Crippen LogP contribution >= 0.6 is 34.0 Å². The molecule has 0 aliphatic heterocycles. The number of halogens is 3. The quantitative estimate of drug-likeness (QED) is 0.454. The number of hydrogen-bond acceptors (Lipinski definition) is 1. The first-order valence-corrected chi connectivity index (χ1v) is 5.06. The second kappa shape index (κ2) is 4.28. The molecule has 0 atom stereocenters. The van der Waals surface area contributed by atoms with Gasteiger partial charge in [0.25, 0.3) is 0 Å². The molecule has 1 nitrogen and oxygen atoms in total. The number of nitrogens with one attached hydrogen (secondary N) is 1. The monoisotopic (exact) mass is 161 g/mol. The Labute approximate surface area is 53.9 Å². The smallest absolute Gasteiger partial charge is 0.343 e. The van der Waals surface area contributed by atoms with Crippen molar-refractivity contribution in [2.45, 2.75) is 0 Å². The maximum Gasteiger partial charge on any atom is 0.425 e. The molecule has 0 rings (SSSR count). The lowest BCUT2D eigenvalue weighted by Gasteiger charge is -1.88. The molecule has 36 valence electrons. The van der Waals surface area contributed by atoms with E-state index in [-0.39, 0.29) is 0 Å². The van der Waals surface area contributed by atoms with Gasteiger partial charge in [0, 0.05) is 0 Å². The maximum absolute atomic E-state index is 5.26. The lowest BCUT2D eigenvalue weighted by molar-refractivity contribution is 1.64. The van der Waals surface area contributed by atoms with Crippen LogP contribution in [0.2, 0.25) is 0 Å². The van der Waals surface area contributed by atoms with E-state index in [1.165, 1.54) is 0 Å². The summed E-state index contributed by atoms with van der Waals surface area (Å²) >= 11 is 15.6. The Morgan fingerprint density at radius 2 is 2.00 bits per heavy atom. The van der Waals surface area contributed by atoms with Gasteiger partial charge in [-0.15, -0.1) is 22.9 Å². The Kier molecular flexibility index (Phi) is 5.07. The van der Waals surface area contributed by atoms with Crippen molar-refractivity contribution in [1.82, 2.24) is 4.89 Å². The van der Waals surface area contributed by atoms with Gasteiger partial charge in [-0.3, -0.25) is 0 Å². The molecule has 1 N–H and O–H groups in total. The Hall–Kier alpha value is 1.11. The topological polar surface area (TPSA) is 12.0 Å². The van der Waals surface area contributed by atoms with Crippen molar-refractivity contribution in [3.63, 3.8) is 0 Å². The molecule has 0 aromatic heterocycles. The fourth-order valence-corrected chi connectivity index (χ4v) is 1.57. The van der Waals surface area contributed by atoms with Crippen molar-refractivity contribution >= 4 is 48.7 Å². The lowest BCUT2D eigenvalue weighted by atomic mass is 10.4. The molecule has 0 amide bonds. The van der Waals surface area contributed by atoms with Gasteiger partial charge in [0.2, 0.25) is 0 Å². The molecular weight excluding hydrogens is 159 g/mol. The van der Waals surface area contributed by atoms with Gasteiger partial charge in [0.1, 0.15) is 0 Å². The minimum atomic E-state index is -0.675. The van der Waals surface area contributed by atoms with Crippen LogP contribution < -0.4 is 4.89 Å². The summed E-state index contributed by atoms with van der Waals surface area (Å²) in [6.45, 7) is 0.